The number of hydrogen-bond donors (Lipinski definition) is 0. The molecule has 3 aliphatic rings. The highest BCUT2D eigenvalue weighted by Gasteiger charge is 2.49. The third-order valence-electron chi connectivity index (χ3n) is 5.36. The van der Waals surface area contributed by atoms with Crippen LogP contribution in [0.2, 0.25) is 0 Å². The van der Waals surface area contributed by atoms with Crippen molar-refractivity contribution >= 4 is 11.4 Å². The van der Waals surface area contributed by atoms with E-state index in [1.807, 2.05) is 13.0 Å². The van der Waals surface area contributed by atoms with Crippen molar-refractivity contribution in [3.05, 3.63) is 33.9 Å². The third-order valence-corrected chi connectivity index (χ3v) is 5.36. The molecule has 2 aliphatic heterocycles. The Balaban J connectivity index is 1.59. The fourth-order valence-electron chi connectivity index (χ4n) is 4.42. The highest BCUT2D eigenvalue weighted by molar-refractivity contribution is 5.58. The Morgan fingerprint density at radius 1 is 1.35 bits per heavy atom. The number of nitro groups is 1. The second kappa shape index (κ2) is 4.19. The van der Waals surface area contributed by atoms with Gasteiger partial charge in [-0.25, -0.2) is 0 Å². The fourth-order valence-corrected chi connectivity index (χ4v) is 4.42. The molecule has 2 saturated heterocycles. The molecule has 0 amide bonds. The second-order valence-corrected chi connectivity index (χ2v) is 6.40. The van der Waals surface area contributed by atoms with E-state index in [2.05, 4.69) is 9.80 Å². The molecule has 2 heterocycles. The molecule has 0 N–H and O–H groups in total. The number of hydrogen-bond acceptors (Lipinski definition) is 4. The van der Waals surface area contributed by atoms with Crippen molar-refractivity contribution in [2.24, 2.45) is 5.92 Å². The van der Waals surface area contributed by atoms with Crippen LogP contribution < -0.4 is 4.90 Å². The smallest absolute Gasteiger partial charge is 0.269 e. The molecule has 3 fully saturated rings. The van der Waals surface area contributed by atoms with Gasteiger partial charge in [0.2, 0.25) is 0 Å². The minimum absolute atomic E-state index is 0.186. The van der Waals surface area contributed by atoms with E-state index in [0.717, 1.165) is 36.4 Å². The summed E-state index contributed by atoms with van der Waals surface area (Å²) in [5, 5.41) is 10.8. The molecule has 0 radical (unpaired) electrons. The first kappa shape index (κ1) is 12.1. The Morgan fingerprint density at radius 2 is 2.20 bits per heavy atom. The van der Waals surface area contributed by atoms with Crippen LogP contribution in [0.3, 0.4) is 0 Å². The van der Waals surface area contributed by atoms with Crippen LogP contribution >= 0.6 is 0 Å². The van der Waals surface area contributed by atoms with Crippen LogP contribution in [0.4, 0.5) is 11.4 Å². The van der Waals surface area contributed by atoms with Gasteiger partial charge in [-0.15, -0.1) is 0 Å². The number of fused-ring (bicyclic) bond motifs is 5. The first-order valence-electron chi connectivity index (χ1n) is 7.39. The van der Waals surface area contributed by atoms with Crippen molar-refractivity contribution in [2.45, 2.75) is 38.3 Å². The van der Waals surface area contributed by atoms with Gasteiger partial charge >= 0.3 is 0 Å². The van der Waals surface area contributed by atoms with Gasteiger partial charge in [-0.1, -0.05) is 0 Å². The summed E-state index contributed by atoms with van der Waals surface area (Å²) < 4.78 is 0. The Kier molecular flexibility index (Phi) is 2.54. The van der Waals surface area contributed by atoms with Crippen LogP contribution in [0, 0.1) is 23.0 Å². The van der Waals surface area contributed by atoms with Crippen LogP contribution in [-0.4, -0.2) is 35.1 Å². The maximum atomic E-state index is 10.8. The molecule has 106 valence electrons. The molecule has 3 unspecified atom stereocenters. The molecule has 1 aromatic rings. The van der Waals surface area contributed by atoms with Crippen molar-refractivity contribution in [1.82, 2.24) is 4.90 Å². The molecule has 1 aliphatic carbocycles. The van der Waals surface area contributed by atoms with E-state index >= 15 is 0 Å². The topological polar surface area (TPSA) is 49.6 Å². The van der Waals surface area contributed by atoms with Gasteiger partial charge in [0.1, 0.15) is 0 Å². The Labute approximate surface area is 118 Å². The SMILES string of the molecule is Cc1cc([N+](=O)[O-])ccc1N1CC2C3CCC(C3)N2C1. The van der Waals surface area contributed by atoms with Gasteiger partial charge in [0.25, 0.3) is 5.69 Å². The van der Waals surface area contributed by atoms with Gasteiger partial charge in [0.15, 0.2) is 0 Å². The zero-order valence-electron chi connectivity index (χ0n) is 11.7. The summed E-state index contributed by atoms with van der Waals surface area (Å²) in [6.45, 7) is 4.05. The fraction of sp³-hybridized carbons (Fsp3) is 0.600. The van der Waals surface area contributed by atoms with E-state index in [4.69, 9.17) is 0 Å². The number of piperidine rings is 1. The highest BCUT2D eigenvalue weighted by atomic mass is 16.6. The molecule has 3 atom stereocenters. The lowest BCUT2D eigenvalue weighted by atomic mass is 10.00. The van der Waals surface area contributed by atoms with Crippen LogP contribution in [0.1, 0.15) is 24.8 Å². The quantitative estimate of drug-likeness (QED) is 0.613. The Morgan fingerprint density at radius 3 is 2.90 bits per heavy atom. The van der Waals surface area contributed by atoms with E-state index in [9.17, 15) is 10.1 Å². The highest BCUT2D eigenvalue weighted by Crippen LogP contribution is 2.46. The third kappa shape index (κ3) is 1.66. The lowest BCUT2D eigenvalue weighted by molar-refractivity contribution is -0.384. The minimum atomic E-state index is -0.320. The molecule has 4 rings (SSSR count). The van der Waals surface area contributed by atoms with Gasteiger partial charge in [-0.05, 0) is 43.7 Å². The molecule has 2 bridgehead atoms. The zero-order valence-corrected chi connectivity index (χ0v) is 11.7. The van der Waals surface area contributed by atoms with Crippen molar-refractivity contribution in [3.8, 4) is 0 Å². The molecule has 1 saturated carbocycles. The molecule has 5 nitrogen and oxygen atoms in total. The summed E-state index contributed by atoms with van der Waals surface area (Å²) in [4.78, 5) is 15.5. The summed E-state index contributed by atoms with van der Waals surface area (Å²) >= 11 is 0. The zero-order chi connectivity index (χ0) is 13.9. The van der Waals surface area contributed by atoms with E-state index in [-0.39, 0.29) is 10.6 Å². The maximum absolute atomic E-state index is 10.8. The minimum Gasteiger partial charge on any atom is -0.357 e. The normalized spacial score (nSPS) is 31.9. The molecule has 20 heavy (non-hydrogen) atoms. The first-order valence-corrected chi connectivity index (χ1v) is 7.39. The predicted octanol–water partition coefficient (Wildman–Crippen LogP) is 2.53. The average molecular weight is 273 g/mol. The second-order valence-electron chi connectivity index (χ2n) is 6.40. The molecule has 1 aromatic carbocycles. The Hall–Kier alpha value is -1.62. The van der Waals surface area contributed by atoms with Gasteiger partial charge < -0.3 is 4.90 Å². The lowest BCUT2D eigenvalue weighted by Gasteiger charge is -2.27. The van der Waals surface area contributed by atoms with E-state index < -0.39 is 0 Å². The number of nitro benzene ring substituents is 1. The maximum Gasteiger partial charge on any atom is 0.269 e. The summed E-state index contributed by atoms with van der Waals surface area (Å²) in [6, 6.07) is 6.72. The number of non-ortho nitro benzene ring substituents is 1. The van der Waals surface area contributed by atoms with E-state index in [1.54, 1.807) is 12.1 Å². The summed E-state index contributed by atoms with van der Waals surface area (Å²) in [5.74, 6) is 0.878. The number of rotatable bonds is 2. The van der Waals surface area contributed by atoms with Gasteiger partial charge in [-0.3, -0.25) is 15.0 Å². The van der Waals surface area contributed by atoms with Gasteiger partial charge in [-0.2, -0.15) is 0 Å². The van der Waals surface area contributed by atoms with Crippen molar-refractivity contribution in [2.75, 3.05) is 18.1 Å². The number of nitrogens with zero attached hydrogens (tertiary/aromatic N) is 3. The molecule has 0 spiro atoms. The lowest BCUT2D eigenvalue weighted by Crippen LogP contribution is -2.36. The standard InChI is InChI=1S/C15H19N3O2/c1-10-6-13(18(19)20)4-5-14(10)16-8-15-11-2-3-12(7-11)17(15)9-16/h4-6,11-12,15H,2-3,7-9H2,1H3. The largest absolute Gasteiger partial charge is 0.357 e. The predicted molar refractivity (Wildman–Crippen MR) is 76.8 cm³/mol. The number of benzene rings is 1. The van der Waals surface area contributed by atoms with Crippen LogP contribution in [-0.2, 0) is 0 Å². The van der Waals surface area contributed by atoms with Crippen molar-refractivity contribution < 1.29 is 4.92 Å². The van der Waals surface area contributed by atoms with Gasteiger partial charge in [0, 0.05) is 36.4 Å². The van der Waals surface area contributed by atoms with Crippen LogP contribution in [0.25, 0.3) is 0 Å². The summed E-state index contributed by atoms with van der Waals surface area (Å²) in [7, 11) is 0. The van der Waals surface area contributed by atoms with E-state index in [0.29, 0.717) is 6.04 Å². The monoisotopic (exact) mass is 273 g/mol. The molecular weight excluding hydrogens is 254 g/mol. The molecule has 5 heteroatoms. The van der Waals surface area contributed by atoms with Crippen molar-refractivity contribution in [1.29, 1.82) is 0 Å². The van der Waals surface area contributed by atoms with Crippen LogP contribution in [0.15, 0.2) is 18.2 Å². The van der Waals surface area contributed by atoms with E-state index in [1.165, 1.54) is 19.3 Å². The first-order chi connectivity index (χ1) is 9.63. The summed E-state index contributed by atoms with van der Waals surface area (Å²) in [6.07, 6.45) is 4.13. The Bertz CT molecular complexity index is 556. The summed E-state index contributed by atoms with van der Waals surface area (Å²) in [5.41, 5.74) is 2.35. The van der Waals surface area contributed by atoms with Crippen LogP contribution in [0.5, 0.6) is 0 Å². The average Bonchev–Trinajstić information content (AvgIpc) is 3.10. The molecular formula is C15H19N3O2. The van der Waals surface area contributed by atoms with Gasteiger partial charge in [0.05, 0.1) is 11.6 Å². The number of aryl methyl sites for hydroxylation is 1. The van der Waals surface area contributed by atoms with Crippen molar-refractivity contribution in [3.63, 3.8) is 0 Å². The molecule has 0 aromatic heterocycles. The number of anilines is 1.